The monoisotopic (exact) mass is 381 g/mol. The van der Waals surface area contributed by atoms with Crippen LogP contribution in [-0.2, 0) is 4.79 Å². The minimum Gasteiger partial charge on any atom is -0.349 e. The third-order valence-corrected chi connectivity index (χ3v) is 6.02. The minimum atomic E-state index is -0.0426. The standard InChI is InChI=1S/C21H27N5O2/c1-25(2)20(27)13-26-16-7-8-17(26)10-15(9-16)24-21(28)19-6-4-3-5-18(19)14-11-22-23-12-14/h3-6,11-12,15-17H,7-10,13H2,1-2H3,(H,22,23)(H,24,28). The van der Waals surface area contributed by atoms with Gasteiger partial charge in [-0.2, -0.15) is 5.10 Å². The number of hydrogen-bond donors (Lipinski definition) is 2. The van der Waals surface area contributed by atoms with Crippen LogP contribution in [0.4, 0.5) is 0 Å². The summed E-state index contributed by atoms with van der Waals surface area (Å²) >= 11 is 0. The molecule has 7 nitrogen and oxygen atoms in total. The Balaban J connectivity index is 1.43. The van der Waals surface area contributed by atoms with Crippen molar-refractivity contribution in [1.29, 1.82) is 0 Å². The van der Waals surface area contributed by atoms with E-state index in [0.717, 1.165) is 36.8 Å². The van der Waals surface area contributed by atoms with Gasteiger partial charge in [-0.1, -0.05) is 18.2 Å². The molecule has 2 unspecified atom stereocenters. The smallest absolute Gasteiger partial charge is 0.252 e. The highest BCUT2D eigenvalue weighted by Crippen LogP contribution is 2.35. The Morgan fingerprint density at radius 3 is 2.57 bits per heavy atom. The van der Waals surface area contributed by atoms with Crippen LogP contribution in [-0.4, -0.2) is 70.6 Å². The first-order valence-electron chi connectivity index (χ1n) is 9.88. The van der Waals surface area contributed by atoms with Crippen molar-refractivity contribution in [3.05, 3.63) is 42.2 Å². The fraction of sp³-hybridized carbons (Fsp3) is 0.476. The van der Waals surface area contributed by atoms with E-state index < -0.39 is 0 Å². The van der Waals surface area contributed by atoms with Crippen molar-refractivity contribution in [1.82, 2.24) is 25.3 Å². The molecule has 148 valence electrons. The number of benzene rings is 1. The maximum Gasteiger partial charge on any atom is 0.252 e. The van der Waals surface area contributed by atoms with E-state index in [-0.39, 0.29) is 17.9 Å². The molecule has 7 heteroatoms. The quantitative estimate of drug-likeness (QED) is 0.829. The number of carbonyl (C=O) groups excluding carboxylic acids is 2. The Hall–Kier alpha value is -2.67. The highest BCUT2D eigenvalue weighted by molar-refractivity contribution is 6.00. The number of nitrogens with one attached hydrogen (secondary N) is 2. The molecule has 2 aliphatic heterocycles. The highest BCUT2D eigenvalue weighted by atomic mass is 16.2. The fourth-order valence-corrected chi connectivity index (χ4v) is 4.54. The van der Waals surface area contributed by atoms with Crippen LogP contribution in [0.25, 0.3) is 11.1 Å². The predicted molar refractivity (Wildman–Crippen MR) is 107 cm³/mol. The second-order valence-corrected chi connectivity index (χ2v) is 8.02. The Bertz CT molecular complexity index is 834. The van der Waals surface area contributed by atoms with Gasteiger partial charge in [-0.25, -0.2) is 0 Å². The van der Waals surface area contributed by atoms with Crippen molar-refractivity contribution in [2.45, 2.75) is 43.8 Å². The molecule has 0 aliphatic carbocycles. The Kier molecular flexibility index (Phi) is 5.17. The van der Waals surface area contributed by atoms with Crippen molar-refractivity contribution in [3.8, 4) is 11.1 Å². The zero-order valence-electron chi connectivity index (χ0n) is 16.4. The summed E-state index contributed by atoms with van der Waals surface area (Å²) in [6.07, 6.45) is 7.53. The summed E-state index contributed by atoms with van der Waals surface area (Å²) in [4.78, 5) is 29.1. The number of piperidine rings is 1. The predicted octanol–water partition coefficient (Wildman–Crippen LogP) is 1.89. The molecule has 1 aromatic heterocycles. The zero-order valence-corrected chi connectivity index (χ0v) is 16.4. The number of likely N-dealkylation sites (N-methyl/N-ethyl adjacent to an activating group) is 1. The van der Waals surface area contributed by atoms with Gasteiger partial charge in [-0.3, -0.25) is 19.6 Å². The minimum absolute atomic E-state index is 0.0426. The molecule has 3 heterocycles. The summed E-state index contributed by atoms with van der Waals surface area (Å²) in [5.74, 6) is 0.104. The van der Waals surface area contributed by atoms with Crippen LogP contribution >= 0.6 is 0 Å². The Morgan fingerprint density at radius 2 is 1.93 bits per heavy atom. The lowest BCUT2D eigenvalue weighted by molar-refractivity contribution is -0.131. The van der Waals surface area contributed by atoms with Gasteiger partial charge >= 0.3 is 0 Å². The third kappa shape index (κ3) is 3.67. The summed E-state index contributed by atoms with van der Waals surface area (Å²) < 4.78 is 0. The number of nitrogens with zero attached hydrogens (tertiary/aromatic N) is 3. The van der Waals surface area contributed by atoms with Crippen molar-refractivity contribution in [3.63, 3.8) is 0 Å². The number of rotatable bonds is 5. The average molecular weight is 381 g/mol. The summed E-state index contributed by atoms with van der Waals surface area (Å²) in [5, 5.41) is 10.0. The Morgan fingerprint density at radius 1 is 1.21 bits per heavy atom. The van der Waals surface area contributed by atoms with Crippen LogP contribution in [0.3, 0.4) is 0 Å². The Labute approximate surface area is 165 Å². The molecule has 0 saturated carbocycles. The number of aromatic nitrogens is 2. The van der Waals surface area contributed by atoms with Gasteiger partial charge in [0.2, 0.25) is 5.91 Å². The van der Waals surface area contributed by atoms with Crippen LogP contribution in [0, 0.1) is 0 Å². The molecule has 2 fully saturated rings. The maximum atomic E-state index is 13.0. The summed E-state index contributed by atoms with van der Waals surface area (Å²) in [5.41, 5.74) is 2.45. The largest absolute Gasteiger partial charge is 0.349 e. The molecule has 1 aromatic carbocycles. The number of carbonyl (C=O) groups is 2. The van der Waals surface area contributed by atoms with Crippen LogP contribution in [0.15, 0.2) is 36.7 Å². The number of H-pyrrole nitrogens is 1. The van der Waals surface area contributed by atoms with Gasteiger partial charge in [0.1, 0.15) is 0 Å². The van der Waals surface area contributed by atoms with Gasteiger partial charge in [0, 0.05) is 49.5 Å². The summed E-state index contributed by atoms with van der Waals surface area (Å²) in [7, 11) is 3.60. The lowest BCUT2D eigenvalue weighted by atomic mass is 9.96. The molecular formula is C21H27N5O2. The first kappa shape index (κ1) is 18.7. The van der Waals surface area contributed by atoms with E-state index >= 15 is 0 Å². The second-order valence-electron chi connectivity index (χ2n) is 8.02. The SMILES string of the molecule is CN(C)C(=O)CN1C2CCC1CC(NC(=O)c1ccccc1-c1cn[nH]c1)C2. The molecule has 0 radical (unpaired) electrons. The molecule has 2 saturated heterocycles. The van der Waals surface area contributed by atoms with E-state index in [0.29, 0.717) is 24.2 Å². The summed E-state index contributed by atoms with van der Waals surface area (Å²) in [6.45, 7) is 0.478. The van der Waals surface area contributed by atoms with Crippen LogP contribution in [0.1, 0.15) is 36.0 Å². The van der Waals surface area contributed by atoms with Gasteiger partial charge in [-0.15, -0.1) is 0 Å². The second kappa shape index (κ2) is 7.75. The topological polar surface area (TPSA) is 81.3 Å². The van der Waals surface area contributed by atoms with Gasteiger partial charge in [0.25, 0.3) is 5.91 Å². The molecule has 2 atom stereocenters. The number of fused-ring (bicyclic) bond motifs is 2. The van der Waals surface area contributed by atoms with Gasteiger partial charge < -0.3 is 10.2 Å². The average Bonchev–Trinajstić information content (AvgIpc) is 3.29. The number of aromatic amines is 1. The van der Waals surface area contributed by atoms with Crippen LogP contribution < -0.4 is 5.32 Å². The highest BCUT2D eigenvalue weighted by Gasteiger charge is 2.42. The van der Waals surface area contributed by atoms with Crippen LogP contribution in [0.5, 0.6) is 0 Å². The molecule has 28 heavy (non-hydrogen) atoms. The molecule has 2 amide bonds. The van der Waals surface area contributed by atoms with E-state index in [2.05, 4.69) is 20.4 Å². The van der Waals surface area contributed by atoms with Gasteiger partial charge in [0.15, 0.2) is 0 Å². The lowest BCUT2D eigenvalue weighted by Crippen LogP contribution is -2.52. The number of hydrogen-bond acceptors (Lipinski definition) is 4. The normalized spacial score (nSPS) is 24.1. The van der Waals surface area contributed by atoms with Crippen molar-refractivity contribution >= 4 is 11.8 Å². The van der Waals surface area contributed by atoms with Gasteiger partial charge in [-0.05, 0) is 37.3 Å². The first-order valence-corrected chi connectivity index (χ1v) is 9.88. The molecular weight excluding hydrogens is 354 g/mol. The van der Waals surface area contributed by atoms with E-state index in [1.54, 1.807) is 31.4 Å². The van der Waals surface area contributed by atoms with E-state index in [1.807, 2.05) is 24.3 Å². The van der Waals surface area contributed by atoms with Gasteiger partial charge in [0.05, 0.1) is 12.7 Å². The molecule has 2 aliphatic rings. The zero-order chi connectivity index (χ0) is 19.7. The molecule has 0 spiro atoms. The van der Waals surface area contributed by atoms with E-state index in [4.69, 9.17) is 0 Å². The summed E-state index contributed by atoms with van der Waals surface area (Å²) in [6, 6.07) is 8.51. The van der Waals surface area contributed by atoms with E-state index in [9.17, 15) is 9.59 Å². The molecule has 2 aromatic rings. The molecule has 2 bridgehead atoms. The third-order valence-electron chi connectivity index (χ3n) is 6.02. The first-order chi connectivity index (χ1) is 13.5. The molecule has 2 N–H and O–H groups in total. The van der Waals surface area contributed by atoms with E-state index in [1.165, 1.54) is 0 Å². The van der Waals surface area contributed by atoms with Crippen LogP contribution in [0.2, 0.25) is 0 Å². The fourth-order valence-electron chi connectivity index (χ4n) is 4.54. The molecule has 4 rings (SSSR count). The number of amides is 2. The maximum absolute atomic E-state index is 13.0. The van der Waals surface area contributed by atoms with Crippen molar-refractivity contribution in [2.75, 3.05) is 20.6 Å². The van der Waals surface area contributed by atoms with Crippen molar-refractivity contribution < 1.29 is 9.59 Å². The lowest BCUT2D eigenvalue weighted by Gasteiger charge is -2.39. The van der Waals surface area contributed by atoms with Crippen molar-refractivity contribution in [2.24, 2.45) is 0 Å².